The van der Waals surface area contributed by atoms with Crippen LogP contribution in [0.25, 0.3) is 0 Å². The molecule has 1 atom stereocenters. The van der Waals surface area contributed by atoms with E-state index < -0.39 is 0 Å². The van der Waals surface area contributed by atoms with Gasteiger partial charge in [-0.15, -0.1) is 0 Å². The van der Waals surface area contributed by atoms with Gasteiger partial charge in [0.2, 0.25) is 0 Å². The van der Waals surface area contributed by atoms with Gasteiger partial charge in [0.15, 0.2) is 0 Å². The summed E-state index contributed by atoms with van der Waals surface area (Å²) in [6.07, 6.45) is 3.72. The Morgan fingerprint density at radius 2 is 1.92 bits per heavy atom. The molecule has 6 heteroatoms. The van der Waals surface area contributed by atoms with E-state index in [1.54, 1.807) is 6.20 Å². The molecule has 6 nitrogen and oxygen atoms in total. The first-order chi connectivity index (χ1) is 11.7. The standard InChI is InChI=1S/C18H25N5O/c1-16(15-23-9-5-8-20-23)14-19-18(24)22-12-10-21(11-13-22)17-6-3-2-4-7-17/h2-9,16H,10-15H2,1H3,(H,19,24). The van der Waals surface area contributed by atoms with Crippen molar-refractivity contribution in [1.29, 1.82) is 0 Å². The molecule has 0 aliphatic carbocycles. The van der Waals surface area contributed by atoms with Gasteiger partial charge in [-0.3, -0.25) is 4.68 Å². The molecule has 2 amide bonds. The Morgan fingerprint density at radius 3 is 2.58 bits per heavy atom. The topological polar surface area (TPSA) is 53.4 Å². The number of hydrogen-bond acceptors (Lipinski definition) is 3. The van der Waals surface area contributed by atoms with Crippen LogP contribution < -0.4 is 10.2 Å². The first-order valence-electron chi connectivity index (χ1n) is 8.52. The maximum Gasteiger partial charge on any atom is 0.317 e. The summed E-state index contributed by atoms with van der Waals surface area (Å²) in [5, 5.41) is 7.24. The molecule has 0 bridgehead atoms. The van der Waals surface area contributed by atoms with Crippen molar-refractivity contribution in [2.45, 2.75) is 13.5 Å². The third-order valence-electron chi connectivity index (χ3n) is 4.35. The van der Waals surface area contributed by atoms with Crippen LogP contribution in [-0.4, -0.2) is 53.4 Å². The summed E-state index contributed by atoms with van der Waals surface area (Å²) in [7, 11) is 0. The second kappa shape index (κ2) is 7.86. The molecule has 1 aromatic carbocycles. The molecular weight excluding hydrogens is 302 g/mol. The van der Waals surface area contributed by atoms with Gasteiger partial charge in [-0.2, -0.15) is 5.10 Å². The van der Waals surface area contributed by atoms with Gasteiger partial charge in [-0.1, -0.05) is 25.1 Å². The number of nitrogens with zero attached hydrogens (tertiary/aromatic N) is 4. The van der Waals surface area contributed by atoms with Gasteiger partial charge in [0.25, 0.3) is 0 Å². The summed E-state index contributed by atoms with van der Waals surface area (Å²) >= 11 is 0. The van der Waals surface area contributed by atoms with E-state index in [0.717, 1.165) is 32.7 Å². The highest BCUT2D eigenvalue weighted by molar-refractivity contribution is 5.74. The fourth-order valence-electron chi connectivity index (χ4n) is 2.97. The smallest absolute Gasteiger partial charge is 0.317 e. The number of nitrogens with one attached hydrogen (secondary N) is 1. The minimum Gasteiger partial charge on any atom is -0.368 e. The lowest BCUT2D eigenvalue weighted by molar-refractivity contribution is 0.192. The van der Waals surface area contributed by atoms with Crippen LogP contribution >= 0.6 is 0 Å². The molecule has 0 spiro atoms. The number of urea groups is 1. The summed E-state index contributed by atoms with van der Waals surface area (Å²) in [6.45, 7) is 6.87. The van der Waals surface area contributed by atoms with Crippen molar-refractivity contribution in [3.63, 3.8) is 0 Å². The van der Waals surface area contributed by atoms with Gasteiger partial charge < -0.3 is 15.1 Å². The van der Waals surface area contributed by atoms with Crippen molar-refractivity contribution in [2.24, 2.45) is 5.92 Å². The molecule has 1 fully saturated rings. The highest BCUT2D eigenvalue weighted by Gasteiger charge is 2.21. The Labute approximate surface area is 143 Å². The average molecular weight is 327 g/mol. The van der Waals surface area contributed by atoms with Crippen LogP contribution in [0.2, 0.25) is 0 Å². The number of aromatic nitrogens is 2. The number of carbonyl (C=O) groups excluding carboxylic acids is 1. The van der Waals surface area contributed by atoms with E-state index in [1.807, 2.05) is 27.9 Å². The number of anilines is 1. The minimum absolute atomic E-state index is 0.0371. The molecule has 3 rings (SSSR count). The zero-order valence-corrected chi connectivity index (χ0v) is 14.1. The summed E-state index contributed by atoms with van der Waals surface area (Å²) in [4.78, 5) is 16.5. The van der Waals surface area contributed by atoms with Crippen LogP contribution in [0.3, 0.4) is 0 Å². The Balaban J connectivity index is 1.40. The van der Waals surface area contributed by atoms with Gasteiger partial charge in [0.1, 0.15) is 0 Å². The van der Waals surface area contributed by atoms with Crippen molar-refractivity contribution < 1.29 is 4.79 Å². The van der Waals surface area contributed by atoms with Crippen LogP contribution in [0.4, 0.5) is 10.5 Å². The van der Waals surface area contributed by atoms with Crippen molar-refractivity contribution >= 4 is 11.7 Å². The second-order valence-electron chi connectivity index (χ2n) is 6.33. The predicted octanol–water partition coefficient (Wildman–Crippen LogP) is 2.05. The lowest BCUT2D eigenvalue weighted by atomic mass is 10.2. The summed E-state index contributed by atoms with van der Waals surface area (Å²) in [5.74, 6) is 0.347. The van der Waals surface area contributed by atoms with E-state index in [-0.39, 0.29) is 6.03 Å². The number of carbonyl (C=O) groups is 1. The van der Waals surface area contributed by atoms with E-state index in [1.165, 1.54) is 5.69 Å². The zero-order valence-electron chi connectivity index (χ0n) is 14.1. The highest BCUT2D eigenvalue weighted by Crippen LogP contribution is 2.15. The fourth-order valence-corrected chi connectivity index (χ4v) is 2.97. The van der Waals surface area contributed by atoms with Crippen molar-refractivity contribution in [2.75, 3.05) is 37.6 Å². The van der Waals surface area contributed by atoms with E-state index >= 15 is 0 Å². The normalized spacial score (nSPS) is 16.0. The quantitative estimate of drug-likeness (QED) is 0.914. The highest BCUT2D eigenvalue weighted by atomic mass is 16.2. The molecule has 1 aromatic heterocycles. The number of amides is 2. The fraction of sp³-hybridized carbons (Fsp3) is 0.444. The number of para-hydroxylation sites is 1. The van der Waals surface area contributed by atoms with Gasteiger partial charge in [-0.25, -0.2) is 4.79 Å². The third-order valence-corrected chi connectivity index (χ3v) is 4.35. The summed E-state index contributed by atoms with van der Waals surface area (Å²) in [5.41, 5.74) is 1.23. The molecule has 2 aromatic rings. The van der Waals surface area contributed by atoms with Crippen LogP contribution in [0.1, 0.15) is 6.92 Å². The maximum atomic E-state index is 12.3. The van der Waals surface area contributed by atoms with Crippen molar-refractivity contribution in [3.8, 4) is 0 Å². The molecule has 1 unspecified atom stereocenters. The summed E-state index contributed by atoms with van der Waals surface area (Å²) < 4.78 is 1.90. The van der Waals surface area contributed by atoms with Crippen LogP contribution in [0, 0.1) is 5.92 Å². The van der Waals surface area contributed by atoms with E-state index in [9.17, 15) is 4.79 Å². The third kappa shape index (κ3) is 4.28. The first kappa shape index (κ1) is 16.4. The van der Waals surface area contributed by atoms with Crippen molar-refractivity contribution in [1.82, 2.24) is 20.0 Å². The Hall–Kier alpha value is -2.50. The molecule has 0 radical (unpaired) electrons. The Morgan fingerprint density at radius 1 is 1.17 bits per heavy atom. The number of hydrogen-bond donors (Lipinski definition) is 1. The van der Waals surface area contributed by atoms with Crippen LogP contribution in [-0.2, 0) is 6.54 Å². The predicted molar refractivity (Wildman–Crippen MR) is 95.0 cm³/mol. The molecule has 1 aliphatic heterocycles. The van der Waals surface area contributed by atoms with Gasteiger partial charge in [0, 0.05) is 57.3 Å². The Bertz CT molecular complexity index is 620. The molecule has 1 N–H and O–H groups in total. The van der Waals surface area contributed by atoms with Crippen LogP contribution in [0.5, 0.6) is 0 Å². The first-order valence-corrected chi connectivity index (χ1v) is 8.52. The van der Waals surface area contributed by atoms with Crippen LogP contribution in [0.15, 0.2) is 48.8 Å². The van der Waals surface area contributed by atoms with Gasteiger partial charge in [-0.05, 0) is 24.1 Å². The lowest BCUT2D eigenvalue weighted by Gasteiger charge is -2.36. The SMILES string of the molecule is CC(CNC(=O)N1CCN(c2ccccc2)CC1)Cn1cccn1. The number of benzene rings is 1. The van der Waals surface area contributed by atoms with Gasteiger partial charge in [0.05, 0.1) is 0 Å². The summed E-state index contributed by atoms with van der Waals surface area (Å²) in [6, 6.07) is 12.3. The Kier molecular flexibility index (Phi) is 5.36. The molecule has 24 heavy (non-hydrogen) atoms. The molecule has 1 aliphatic rings. The maximum absolute atomic E-state index is 12.3. The lowest BCUT2D eigenvalue weighted by Crippen LogP contribution is -2.52. The van der Waals surface area contributed by atoms with E-state index in [2.05, 4.69) is 46.5 Å². The number of piperazine rings is 1. The molecule has 2 heterocycles. The van der Waals surface area contributed by atoms with Crippen molar-refractivity contribution in [3.05, 3.63) is 48.8 Å². The molecular formula is C18H25N5O. The van der Waals surface area contributed by atoms with Gasteiger partial charge >= 0.3 is 6.03 Å². The number of rotatable bonds is 5. The average Bonchev–Trinajstić information content (AvgIpc) is 3.13. The van der Waals surface area contributed by atoms with E-state index in [0.29, 0.717) is 12.5 Å². The minimum atomic E-state index is 0.0371. The monoisotopic (exact) mass is 327 g/mol. The second-order valence-corrected chi connectivity index (χ2v) is 6.33. The molecule has 0 saturated carbocycles. The molecule has 1 saturated heterocycles. The molecule has 128 valence electrons. The van der Waals surface area contributed by atoms with E-state index in [4.69, 9.17) is 0 Å². The zero-order chi connectivity index (χ0) is 16.8. The largest absolute Gasteiger partial charge is 0.368 e.